The summed E-state index contributed by atoms with van der Waals surface area (Å²) in [6.07, 6.45) is 4.07. The molecule has 0 amide bonds. The van der Waals surface area contributed by atoms with Gasteiger partial charge in [0.2, 0.25) is 0 Å². The van der Waals surface area contributed by atoms with Gasteiger partial charge in [-0.25, -0.2) is 0 Å². The Hall–Kier alpha value is 0.137. The van der Waals surface area contributed by atoms with Crippen molar-refractivity contribution in [1.82, 2.24) is 10.3 Å². The summed E-state index contributed by atoms with van der Waals surface area (Å²) >= 11 is 0. The maximum Gasteiger partial charge on any atom is 0.112 e. The predicted octanol–water partition coefficient (Wildman–Crippen LogP) is 2.47. The maximum atomic E-state index is 3.73. The largest absolute Gasteiger partial charge is 0.327 e. The van der Waals surface area contributed by atoms with Gasteiger partial charge < -0.3 is 10.3 Å². The van der Waals surface area contributed by atoms with Crippen LogP contribution in [-0.2, 0) is 0 Å². The number of hydrogen-bond acceptors (Lipinski definition) is 2. The predicted molar refractivity (Wildman–Crippen MR) is 68.3 cm³/mol. The summed E-state index contributed by atoms with van der Waals surface area (Å²) in [6, 6.07) is 1.46. The molecule has 0 fully saturated rings. The number of unbranched alkanes of at least 4 members (excludes halogenated alkanes) is 1. The summed E-state index contributed by atoms with van der Waals surface area (Å²) in [7, 11) is -0.690. The van der Waals surface area contributed by atoms with E-state index in [1.807, 2.05) is 0 Å². The van der Waals surface area contributed by atoms with Gasteiger partial charge >= 0.3 is 0 Å². The zero-order chi connectivity index (χ0) is 10.8. The van der Waals surface area contributed by atoms with Crippen LogP contribution < -0.4 is 10.3 Å². The number of rotatable bonds is 9. The summed E-state index contributed by atoms with van der Waals surface area (Å²) in [5, 5.41) is 3.36. The fourth-order valence-corrected chi connectivity index (χ4v) is 4.62. The van der Waals surface area contributed by atoms with Gasteiger partial charge in [0.25, 0.3) is 0 Å². The molecule has 2 unspecified atom stereocenters. The highest BCUT2D eigenvalue weighted by Crippen LogP contribution is 2.16. The molecule has 3 heteroatoms. The molecule has 0 saturated heterocycles. The van der Waals surface area contributed by atoms with Crippen molar-refractivity contribution in [3.8, 4) is 0 Å². The Morgan fingerprint density at radius 3 is 2.43 bits per heavy atom. The van der Waals surface area contributed by atoms with Gasteiger partial charge in [-0.1, -0.05) is 47.0 Å². The molecule has 0 aromatic carbocycles. The van der Waals surface area contributed by atoms with Crippen molar-refractivity contribution >= 4 is 8.96 Å². The summed E-state index contributed by atoms with van der Waals surface area (Å²) < 4.78 is 0. The van der Waals surface area contributed by atoms with Crippen LogP contribution in [0.25, 0.3) is 0 Å². The van der Waals surface area contributed by atoms with Crippen molar-refractivity contribution in [2.75, 3.05) is 13.2 Å². The molecule has 0 aliphatic carbocycles. The fourth-order valence-electron chi connectivity index (χ4n) is 1.62. The van der Waals surface area contributed by atoms with Gasteiger partial charge in [0, 0.05) is 6.67 Å². The van der Waals surface area contributed by atoms with Crippen LogP contribution in [-0.4, -0.2) is 22.2 Å². The molecule has 2 nitrogen and oxygen atoms in total. The molecule has 0 aromatic rings. The van der Waals surface area contributed by atoms with Crippen LogP contribution in [0.4, 0.5) is 0 Å². The maximum absolute atomic E-state index is 3.73. The molecule has 2 atom stereocenters. The molecule has 0 rings (SSSR count). The third-order valence-electron chi connectivity index (χ3n) is 2.94. The lowest BCUT2D eigenvalue weighted by atomic mass is 10.4. The van der Waals surface area contributed by atoms with Crippen LogP contribution in [0.15, 0.2) is 0 Å². The first-order chi connectivity index (χ1) is 6.76. The fraction of sp³-hybridized carbons (Fsp3) is 1.00. The second kappa shape index (κ2) is 9.68. The van der Waals surface area contributed by atoms with E-state index in [0.717, 1.165) is 18.8 Å². The van der Waals surface area contributed by atoms with Gasteiger partial charge in [0.1, 0.15) is 8.96 Å². The molecule has 14 heavy (non-hydrogen) atoms. The molecule has 86 valence electrons. The molecular formula is C11H28N2Si. The van der Waals surface area contributed by atoms with E-state index in [-0.39, 0.29) is 0 Å². The van der Waals surface area contributed by atoms with Crippen molar-refractivity contribution < 1.29 is 0 Å². The first-order valence-corrected chi connectivity index (χ1v) is 8.26. The first kappa shape index (κ1) is 14.1. The van der Waals surface area contributed by atoms with Crippen molar-refractivity contribution in [1.29, 1.82) is 0 Å². The molecular weight excluding hydrogens is 188 g/mol. The topological polar surface area (TPSA) is 24.1 Å². The minimum Gasteiger partial charge on any atom is -0.327 e. The van der Waals surface area contributed by atoms with Crippen LogP contribution in [0, 0.1) is 0 Å². The standard InChI is InChI=1S/C11H28N2Si/c1-5-8-9-14(11(4)6-2)13-10-12-7-3/h11-14H,5-10H2,1-4H3. The van der Waals surface area contributed by atoms with Gasteiger partial charge in [0.15, 0.2) is 0 Å². The van der Waals surface area contributed by atoms with Gasteiger partial charge in [-0.05, 0) is 18.1 Å². The normalized spacial score (nSPS) is 15.4. The zero-order valence-electron chi connectivity index (χ0n) is 10.4. The summed E-state index contributed by atoms with van der Waals surface area (Å²) in [4.78, 5) is 3.73. The molecule has 0 spiro atoms. The average Bonchev–Trinajstić information content (AvgIpc) is 2.22. The first-order valence-electron chi connectivity index (χ1n) is 6.20. The number of hydrogen-bond donors (Lipinski definition) is 2. The third kappa shape index (κ3) is 6.57. The molecule has 0 radical (unpaired) electrons. The van der Waals surface area contributed by atoms with Crippen molar-refractivity contribution in [2.45, 2.75) is 58.5 Å². The van der Waals surface area contributed by atoms with E-state index < -0.39 is 8.96 Å². The quantitative estimate of drug-likeness (QED) is 0.351. The molecule has 2 N–H and O–H groups in total. The van der Waals surface area contributed by atoms with E-state index in [1.54, 1.807) is 0 Å². The third-order valence-corrected chi connectivity index (χ3v) is 6.54. The van der Waals surface area contributed by atoms with E-state index in [0.29, 0.717) is 0 Å². The van der Waals surface area contributed by atoms with E-state index in [1.165, 1.54) is 25.3 Å². The lowest BCUT2D eigenvalue weighted by Crippen LogP contribution is -2.42. The highest BCUT2D eigenvalue weighted by atomic mass is 28.3. The molecule has 0 aromatic heterocycles. The molecule has 0 aliphatic heterocycles. The van der Waals surface area contributed by atoms with Crippen LogP contribution in [0.3, 0.4) is 0 Å². The van der Waals surface area contributed by atoms with E-state index in [9.17, 15) is 0 Å². The van der Waals surface area contributed by atoms with Gasteiger partial charge in [-0.15, -0.1) is 0 Å². The monoisotopic (exact) mass is 216 g/mol. The molecule has 0 bridgehead atoms. The van der Waals surface area contributed by atoms with Crippen LogP contribution in [0.5, 0.6) is 0 Å². The second-order valence-electron chi connectivity index (χ2n) is 4.12. The van der Waals surface area contributed by atoms with Gasteiger partial charge in [-0.2, -0.15) is 0 Å². The SMILES string of the molecule is CCCC[SiH](NCNCC)C(C)CC. The Morgan fingerprint density at radius 2 is 1.93 bits per heavy atom. The van der Waals surface area contributed by atoms with Gasteiger partial charge in [0.05, 0.1) is 0 Å². The Labute approximate surface area is 91.5 Å². The van der Waals surface area contributed by atoms with E-state index >= 15 is 0 Å². The highest BCUT2D eigenvalue weighted by Gasteiger charge is 2.15. The molecule has 0 aliphatic rings. The summed E-state index contributed by atoms with van der Waals surface area (Å²) in [5.74, 6) is 0. The number of nitrogens with one attached hydrogen (secondary N) is 2. The Morgan fingerprint density at radius 1 is 1.21 bits per heavy atom. The minimum absolute atomic E-state index is 0.690. The summed E-state index contributed by atoms with van der Waals surface area (Å²) in [6.45, 7) is 11.3. The zero-order valence-corrected chi connectivity index (χ0v) is 11.6. The minimum atomic E-state index is -0.690. The average molecular weight is 216 g/mol. The lowest BCUT2D eigenvalue weighted by Gasteiger charge is -2.22. The smallest absolute Gasteiger partial charge is 0.112 e. The van der Waals surface area contributed by atoms with Crippen molar-refractivity contribution in [3.63, 3.8) is 0 Å². The van der Waals surface area contributed by atoms with Crippen LogP contribution in [0.2, 0.25) is 11.6 Å². The Balaban J connectivity index is 3.72. The van der Waals surface area contributed by atoms with Crippen molar-refractivity contribution in [3.05, 3.63) is 0 Å². The van der Waals surface area contributed by atoms with Crippen LogP contribution in [0.1, 0.15) is 47.0 Å². The van der Waals surface area contributed by atoms with E-state index in [4.69, 9.17) is 0 Å². The van der Waals surface area contributed by atoms with E-state index in [2.05, 4.69) is 38.0 Å². The lowest BCUT2D eigenvalue weighted by molar-refractivity contribution is 0.677. The van der Waals surface area contributed by atoms with Crippen molar-refractivity contribution in [2.24, 2.45) is 0 Å². The second-order valence-corrected chi connectivity index (χ2v) is 7.46. The summed E-state index contributed by atoms with van der Waals surface area (Å²) in [5.41, 5.74) is 0.931. The Kier molecular flexibility index (Phi) is 9.78. The Bertz CT molecular complexity index is 120. The molecule has 0 saturated carbocycles. The highest BCUT2D eigenvalue weighted by molar-refractivity contribution is 6.57. The van der Waals surface area contributed by atoms with Gasteiger partial charge in [-0.3, -0.25) is 0 Å². The molecule has 0 heterocycles. The van der Waals surface area contributed by atoms with Crippen LogP contribution >= 0.6 is 0 Å².